The number of nitrogens with zero attached hydrogens (tertiary/aromatic N) is 1. The number of hydrogen-bond acceptors (Lipinski definition) is 2. The molecule has 0 radical (unpaired) electrons. The van der Waals surface area contributed by atoms with E-state index in [9.17, 15) is 0 Å². The smallest absolute Gasteiger partial charge is 0.140 e. The third kappa shape index (κ3) is 1.04. The van der Waals surface area contributed by atoms with E-state index in [0.717, 1.165) is 0 Å². The van der Waals surface area contributed by atoms with Crippen LogP contribution in [0, 0.1) is 12.3 Å². The van der Waals surface area contributed by atoms with Crippen LogP contribution < -0.4 is 5.73 Å². The average Bonchev–Trinajstić information content (AvgIpc) is 1.88. The Balaban J connectivity index is 3.34. The number of halogens is 1. The number of pyridine rings is 1. The van der Waals surface area contributed by atoms with Crippen molar-refractivity contribution in [3.8, 4) is 12.3 Å². The molecule has 0 aliphatic carbocycles. The molecule has 0 spiro atoms. The van der Waals surface area contributed by atoms with Gasteiger partial charge in [0.15, 0.2) is 0 Å². The Hall–Kier alpha value is -1.20. The molecule has 3 heteroatoms. The Bertz CT molecular complexity index is 268. The van der Waals surface area contributed by atoms with Gasteiger partial charge in [0.2, 0.25) is 0 Å². The number of nitrogen functional groups attached to an aromatic ring is 1. The molecule has 1 aromatic heterocycles. The summed E-state index contributed by atoms with van der Waals surface area (Å²) in [6.45, 7) is 0. The summed E-state index contributed by atoms with van der Waals surface area (Å²) in [6.07, 6.45) is 6.61. The monoisotopic (exact) mass is 152 g/mol. The topological polar surface area (TPSA) is 38.9 Å². The first-order valence-corrected chi connectivity index (χ1v) is 3.00. The normalized spacial score (nSPS) is 8.80. The Morgan fingerprint density at radius 3 is 2.80 bits per heavy atom. The molecule has 1 aromatic rings. The van der Waals surface area contributed by atoms with Crippen molar-refractivity contribution in [1.82, 2.24) is 4.98 Å². The largest absolute Gasteiger partial charge is 0.383 e. The molecule has 0 aromatic carbocycles. The lowest BCUT2D eigenvalue weighted by Crippen LogP contribution is -1.93. The highest BCUT2D eigenvalue weighted by Crippen LogP contribution is 2.17. The van der Waals surface area contributed by atoms with Gasteiger partial charge in [-0.05, 0) is 6.07 Å². The molecule has 0 bridgehead atoms. The van der Waals surface area contributed by atoms with Crippen LogP contribution in [0.1, 0.15) is 5.56 Å². The Labute approximate surface area is 64.0 Å². The fourth-order valence-corrected chi connectivity index (χ4v) is 0.804. The summed E-state index contributed by atoms with van der Waals surface area (Å²) in [5.41, 5.74) is 5.86. The van der Waals surface area contributed by atoms with Crippen molar-refractivity contribution in [3.63, 3.8) is 0 Å². The zero-order chi connectivity index (χ0) is 7.56. The molecule has 50 valence electrons. The molecule has 0 aliphatic rings. The number of terminal acetylenes is 1. The first kappa shape index (κ1) is 6.91. The van der Waals surface area contributed by atoms with Gasteiger partial charge in [0, 0.05) is 6.20 Å². The summed E-state index contributed by atoms with van der Waals surface area (Å²) in [4.78, 5) is 3.76. The predicted octanol–water partition coefficient (Wildman–Crippen LogP) is 1.30. The van der Waals surface area contributed by atoms with Gasteiger partial charge >= 0.3 is 0 Å². The molecular formula is C7H5ClN2. The maximum Gasteiger partial charge on any atom is 0.140 e. The van der Waals surface area contributed by atoms with Crippen LogP contribution in [0.15, 0.2) is 12.3 Å². The average molecular weight is 153 g/mol. The highest BCUT2D eigenvalue weighted by Gasteiger charge is 1.99. The fraction of sp³-hybridized carbons (Fsp3) is 0. The van der Waals surface area contributed by atoms with Gasteiger partial charge in [0.1, 0.15) is 5.82 Å². The molecule has 1 rings (SSSR count). The van der Waals surface area contributed by atoms with E-state index in [1.165, 1.54) is 6.20 Å². The Morgan fingerprint density at radius 1 is 1.70 bits per heavy atom. The maximum absolute atomic E-state index is 5.67. The molecular weight excluding hydrogens is 148 g/mol. The number of anilines is 1. The zero-order valence-electron chi connectivity index (χ0n) is 5.13. The molecule has 0 aliphatic heterocycles. The van der Waals surface area contributed by atoms with E-state index < -0.39 is 0 Å². The fourth-order valence-electron chi connectivity index (χ4n) is 0.596. The highest BCUT2D eigenvalue weighted by atomic mass is 35.5. The molecule has 2 nitrogen and oxygen atoms in total. The molecule has 10 heavy (non-hydrogen) atoms. The molecule has 0 saturated heterocycles. The van der Waals surface area contributed by atoms with Crippen molar-refractivity contribution in [2.24, 2.45) is 0 Å². The van der Waals surface area contributed by atoms with Gasteiger partial charge in [-0.25, -0.2) is 4.98 Å². The van der Waals surface area contributed by atoms with Crippen LogP contribution in [-0.2, 0) is 0 Å². The lowest BCUT2D eigenvalue weighted by Gasteiger charge is -1.96. The summed E-state index contributed by atoms with van der Waals surface area (Å²) >= 11 is 5.67. The second-order valence-electron chi connectivity index (χ2n) is 1.70. The third-order valence-corrected chi connectivity index (χ3v) is 1.39. The standard InChI is InChI=1S/C7H5ClN2/c1-2-5-6(8)3-4-10-7(5)9/h1,3-4H,(H2,9,10). The second kappa shape index (κ2) is 2.59. The summed E-state index contributed by atoms with van der Waals surface area (Å²) in [5, 5.41) is 0.468. The van der Waals surface area contributed by atoms with Crippen LogP contribution in [-0.4, -0.2) is 4.98 Å². The molecule has 0 atom stereocenters. The number of rotatable bonds is 0. The van der Waals surface area contributed by atoms with Gasteiger partial charge in [0.05, 0.1) is 10.6 Å². The predicted molar refractivity (Wildman–Crippen MR) is 41.6 cm³/mol. The summed E-state index contributed by atoms with van der Waals surface area (Å²) in [7, 11) is 0. The van der Waals surface area contributed by atoms with E-state index in [4.69, 9.17) is 23.8 Å². The van der Waals surface area contributed by atoms with Gasteiger partial charge in [0.25, 0.3) is 0 Å². The van der Waals surface area contributed by atoms with Gasteiger partial charge in [-0.3, -0.25) is 0 Å². The minimum Gasteiger partial charge on any atom is -0.383 e. The summed E-state index contributed by atoms with van der Waals surface area (Å²) in [6, 6.07) is 1.60. The van der Waals surface area contributed by atoms with E-state index in [2.05, 4.69) is 10.9 Å². The van der Waals surface area contributed by atoms with Crippen molar-refractivity contribution in [2.75, 3.05) is 5.73 Å². The second-order valence-corrected chi connectivity index (χ2v) is 2.10. The number of aromatic nitrogens is 1. The molecule has 2 N–H and O–H groups in total. The number of hydrogen-bond donors (Lipinski definition) is 1. The third-order valence-electron chi connectivity index (χ3n) is 1.07. The van der Waals surface area contributed by atoms with Crippen molar-refractivity contribution in [3.05, 3.63) is 22.8 Å². The SMILES string of the molecule is C#Cc1c(Cl)ccnc1N. The first-order chi connectivity index (χ1) is 4.75. The van der Waals surface area contributed by atoms with Gasteiger partial charge < -0.3 is 5.73 Å². The van der Waals surface area contributed by atoms with Crippen molar-refractivity contribution < 1.29 is 0 Å². The number of nitrogens with two attached hydrogens (primary N) is 1. The molecule has 1 heterocycles. The van der Waals surface area contributed by atoms with Crippen LogP contribution >= 0.6 is 11.6 Å². The van der Waals surface area contributed by atoms with E-state index in [0.29, 0.717) is 16.4 Å². The lowest BCUT2D eigenvalue weighted by atomic mass is 10.3. The summed E-state index contributed by atoms with van der Waals surface area (Å²) < 4.78 is 0. The maximum atomic E-state index is 5.67. The van der Waals surface area contributed by atoms with Crippen molar-refractivity contribution in [2.45, 2.75) is 0 Å². The van der Waals surface area contributed by atoms with Gasteiger partial charge in [-0.15, -0.1) is 6.42 Å². The molecule has 0 fully saturated rings. The van der Waals surface area contributed by atoms with Gasteiger partial charge in [-0.1, -0.05) is 17.5 Å². The Kier molecular flexibility index (Phi) is 1.79. The van der Waals surface area contributed by atoms with E-state index in [1.807, 2.05) is 0 Å². The highest BCUT2D eigenvalue weighted by molar-refractivity contribution is 6.32. The van der Waals surface area contributed by atoms with Crippen LogP contribution in [0.2, 0.25) is 5.02 Å². The minimum absolute atomic E-state index is 0.301. The van der Waals surface area contributed by atoms with Crippen molar-refractivity contribution in [1.29, 1.82) is 0 Å². The van der Waals surface area contributed by atoms with Crippen LogP contribution in [0.3, 0.4) is 0 Å². The van der Waals surface area contributed by atoms with E-state index in [1.54, 1.807) is 6.07 Å². The van der Waals surface area contributed by atoms with Crippen LogP contribution in [0.5, 0.6) is 0 Å². The summed E-state index contributed by atoms with van der Waals surface area (Å²) in [5.74, 6) is 2.65. The van der Waals surface area contributed by atoms with Crippen molar-refractivity contribution >= 4 is 17.4 Å². The lowest BCUT2D eigenvalue weighted by molar-refractivity contribution is 1.32. The molecule has 0 amide bonds. The molecule has 0 saturated carbocycles. The minimum atomic E-state index is 0.301. The van der Waals surface area contributed by atoms with Gasteiger partial charge in [-0.2, -0.15) is 0 Å². The first-order valence-electron chi connectivity index (χ1n) is 2.62. The van der Waals surface area contributed by atoms with Crippen LogP contribution in [0.4, 0.5) is 5.82 Å². The molecule has 0 unspecified atom stereocenters. The van der Waals surface area contributed by atoms with E-state index >= 15 is 0 Å². The van der Waals surface area contributed by atoms with Crippen LogP contribution in [0.25, 0.3) is 0 Å². The Morgan fingerprint density at radius 2 is 2.40 bits per heavy atom. The quantitative estimate of drug-likeness (QED) is 0.569. The zero-order valence-corrected chi connectivity index (χ0v) is 5.89. The van der Waals surface area contributed by atoms with E-state index in [-0.39, 0.29) is 0 Å².